The molecule has 0 bridgehead atoms. The fraction of sp³-hybridized carbons (Fsp3) is 0.292. The summed E-state index contributed by atoms with van der Waals surface area (Å²) in [5.74, 6) is 0.621. The lowest BCUT2D eigenvalue weighted by Crippen LogP contribution is -2.21. The molecular weight excluding hydrogens is 428 g/mol. The molecule has 154 valence electrons. The monoisotopic (exact) mass is 456 g/mol. The number of carbonyl (C=O) groups excluding carboxylic acids is 1. The van der Waals surface area contributed by atoms with Crippen molar-refractivity contribution in [2.45, 2.75) is 27.3 Å². The van der Waals surface area contributed by atoms with E-state index in [-0.39, 0.29) is 5.91 Å². The van der Waals surface area contributed by atoms with Gasteiger partial charge in [-0.05, 0) is 48.4 Å². The van der Waals surface area contributed by atoms with Gasteiger partial charge in [0.05, 0.1) is 18.3 Å². The lowest BCUT2D eigenvalue weighted by molar-refractivity contribution is 0.0827. The molecule has 0 aliphatic carbocycles. The van der Waals surface area contributed by atoms with Crippen LogP contribution in [0, 0.1) is 6.92 Å². The summed E-state index contributed by atoms with van der Waals surface area (Å²) in [6, 6.07) is 14.1. The maximum atomic E-state index is 12.1. The Balaban J connectivity index is 0.00000145. The molecule has 0 saturated carbocycles. The molecule has 3 aromatic rings. The standard InChI is InChI=1S/C22H23BrN2O2.C2H6/c1-14-10-19(23)18-12-20(15(2)27-5)25(21(18)11-14)13-16-6-8-17(9-7-16)22(26)24(3)4;1-2/h6-12H,2,13H2,1,3-5H3;1-2H3. The number of benzene rings is 2. The zero-order chi connectivity index (χ0) is 21.7. The Morgan fingerprint density at radius 3 is 2.31 bits per heavy atom. The van der Waals surface area contributed by atoms with E-state index in [1.54, 1.807) is 26.1 Å². The van der Waals surface area contributed by atoms with E-state index in [2.05, 4.69) is 52.2 Å². The number of hydrogen-bond acceptors (Lipinski definition) is 2. The van der Waals surface area contributed by atoms with Crippen molar-refractivity contribution in [3.8, 4) is 0 Å². The Hall–Kier alpha value is -2.53. The molecule has 4 nitrogen and oxygen atoms in total. The average Bonchev–Trinajstić information content (AvgIpc) is 3.07. The van der Waals surface area contributed by atoms with Gasteiger partial charge in [0, 0.05) is 36.1 Å². The van der Waals surface area contributed by atoms with Crippen molar-refractivity contribution in [3.63, 3.8) is 0 Å². The predicted octanol–water partition coefficient (Wildman–Crippen LogP) is 6.11. The second-order valence-corrected chi connectivity index (χ2v) is 7.67. The minimum Gasteiger partial charge on any atom is -0.495 e. The molecule has 5 heteroatoms. The summed E-state index contributed by atoms with van der Waals surface area (Å²) in [6.45, 7) is 10.8. The van der Waals surface area contributed by atoms with Gasteiger partial charge in [-0.2, -0.15) is 0 Å². The van der Waals surface area contributed by atoms with E-state index >= 15 is 0 Å². The Bertz CT molecular complexity index is 1020. The smallest absolute Gasteiger partial charge is 0.253 e. The Labute approximate surface area is 181 Å². The second-order valence-electron chi connectivity index (χ2n) is 6.82. The van der Waals surface area contributed by atoms with E-state index < -0.39 is 0 Å². The number of nitrogens with zero attached hydrogens (tertiary/aromatic N) is 2. The van der Waals surface area contributed by atoms with Crippen LogP contribution in [0.2, 0.25) is 0 Å². The molecule has 0 spiro atoms. The van der Waals surface area contributed by atoms with Crippen molar-refractivity contribution in [2.24, 2.45) is 0 Å². The van der Waals surface area contributed by atoms with Gasteiger partial charge in [-0.1, -0.05) is 48.5 Å². The van der Waals surface area contributed by atoms with Crippen LogP contribution in [0.3, 0.4) is 0 Å². The fourth-order valence-electron chi connectivity index (χ4n) is 3.15. The van der Waals surface area contributed by atoms with Gasteiger partial charge in [0.15, 0.2) is 0 Å². The largest absolute Gasteiger partial charge is 0.495 e. The number of methoxy groups -OCH3 is 1. The SMILES string of the molecule is C=C(OC)c1cc2c(Br)cc(C)cc2n1Cc1ccc(C(=O)N(C)C)cc1.CC. The molecule has 1 heterocycles. The predicted molar refractivity (Wildman–Crippen MR) is 125 cm³/mol. The molecule has 0 fully saturated rings. The first-order valence-electron chi connectivity index (χ1n) is 9.65. The van der Waals surface area contributed by atoms with E-state index in [0.717, 1.165) is 26.6 Å². The van der Waals surface area contributed by atoms with Gasteiger partial charge in [0.1, 0.15) is 5.76 Å². The van der Waals surface area contributed by atoms with E-state index in [9.17, 15) is 4.79 Å². The van der Waals surface area contributed by atoms with Crippen molar-refractivity contribution in [1.29, 1.82) is 0 Å². The lowest BCUT2D eigenvalue weighted by atomic mass is 10.1. The molecule has 29 heavy (non-hydrogen) atoms. The maximum absolute atomic E-state index is 12.1. The van der Waals surface area contributed by atoms with Gasteiger partial charge < -0.3 is 14.2 Å². The van der Waals surface area contributed by atoms with E-state index in [4.69, 9.17) is 4.74 Å². The van der Waals surface area contributed by atoms with Crippen LogP contribution in [0.5, 0.6) is 0 Å². The molecule has 0 aliphatic rings. The first kappa shape index (κ1) is 22.8. The van der Waals surface area contributed by atoms with Gasteiger partial charge >= 0.3 is 0 Å². The highest BCUT2D eigenvalue weighted by molar-refractivity contribution is 9.10. The number of fused-ring (bicyclic) bond motifs is 1. The van der Waals surface area contributed by atoms with Crippen molar-refractivity contribution in [2.75, 3.05) is 21.2 Å². The molecule has 1 amide bonds. The van der Waals surface area contributed by atoms with Gasteiger partial charge in [-0.25, -0.2) is 0 Å². The van der Waals surface area contributed by atoms with Crippen LogP contribution in [0.25, 0.3) is 16.7 Å². The minimum atomic E-state index is 0.000897. The highest BCUT2D eigenvalue weighted by Gasteiger charge is 2.15. The van der Waals surface area contributed by atoms with Gasteiger partial charge in [0.2, 0.25) is 0 Å². The van der Waals surface area contributed by atoms with Crippen LogP contribution >= 0.6 is 15.9 Å². The number of hydrogen-bond donors (Lipinski definition) is 0. The van der Waals surface area contributed by atoms with Gasteiger partial charge in [-0.3, -0.25) is 4.79 Å². The van der Waals surface area contributed by atoms with Crippen molar-refractivity contribution < 1.29 is 9.53 Å². The zero-order valence-electron chi connectivity index (χ0n) is 18.0. The summed E-state index contributed by atoms with van der Waals surface area (Å²) in [4.78, 5) is 13.7. The Morgan fingerprint density at radius 2 is 1.76 bits per heavy atom. The van der Waals surface area contributed by atoms with Crippen LogP contribution in [0.15, 0.2) is 53.5 Å². The number of aromatic nitrogens is 1. The van der Waals surface area contributed by atoms with Crippen LogP contribution in [0.4, 0.5) is 0 Å². The average molecular weight is 457 g/mol. The van der Waals surface area contributed by atoms with Crippen molar-refractivity contribution in [3.05, 3.63) is 75.9 Å². The molecular formula is C24H29BrN2O2. The number of carbonyl (C=O) groups is 1. The van der Waals surface area contributed by atoms with E-state index in [0.29, 0.717) is 17.9 Å². The summed E-state index contributed by atoms with van der Waals surface area (Å²) in [5.41, 5.74) is 5.01. The second kappa shape index (κ2) is 9.79. The maximum Gasteiger partial charge on any atom is 0.253 e. The normalized spacial score (nSPS) is 10.3. The molecule has 0 unspecified atom stereocenters. The van der Waals surface area contributed by atoms with Crippen LogP contribution in [-0.4, -0.2) is 36.6 Å². The third-order valence-corrected chi connectivity index (χ3v) is 5.25. The molecule has 3 rings (SSSR count). The van der Waals surface area contributed by atoms with Gasteiger partial charge in [0.25, 0.3) is 5.91 Å². The first-order chi connectivity index (χ1) is 13.8. The number of halogens is 1. The zero-order valence-corrected chi connectivity index (χ0v) is 19.6. The van der Waals surface area contributed by atoms with Crippen molar-refractivity contribution in [1.82, 2.24) is 9.47 Å². The molecule has 2 aromatic carbocycles. The quantitative estimate of drug-likeness (QED) is 0.434. The van der Waals surface area contributed by atoms with E-state index in [1.165, 1.54) is 5.56 Å². The van der Waals surface area contributed by atoms with Crippen molar-refractivity contribution >= 4 is 38.5 Å². The highest BCUT2D eigenvalue weighted by Crippen LogP contribution is 2.32. The molecule has 1 aromatic heterocycles. The van der Waals surface area contributed by atoms with Gasteiger partial charge in [-0.15, -0.1) is 0 Å². The number of rotatable bonds is 5. The third kappa shape index (κ3) is 4.91. The minimum absolute atomic E-state index is 0.000897. The molecule has 0 saturated heterocycles. The summed E-state index contributed by atoms with van der Waals surface area (Å²) in [5, 5.41) is 1.12. The molecule has 0 atom stereocenters. The van der Waals surface area contributed by atoms with Crippen LogP contribution in [-0.2, 0) is 11.3 Å². The molecule has 0 N–H and O–H groups in total. The summed E-state index contributed by atoms with van der Waals surface area (Å²) in [7, 11) is 5.14. The fourth-order valence-corrected chi connectivity index (χ4v) is 3.82. The van der Waals surface area contributed by atoms with Crippen LogP contribution in [0.1, 0.15) is 41.0 Å². The topological polar surface area (TPSA) is 34.5 Å². The number of ether oxygens (including phenoxy) is 1. The lowest BCUT2D eigenvalue weighted by Gasteiger charge is -2.14. The van der Waals surface area contributed by atoms with Crippen LogP contribution < -0.4 is 0 Å². The third-order valence-electron chi connectivity index (χ3n) is 4.59. The summed E-state index contributed by atoms with van der Waals surface area (Å²) >= 11 is 3.66. The first-order valence-corrected chi connectivity index (χ1v) is 10.4. The molecule has 0 aliphatic heterocycles. The number of amides is 1. The Kier molecular flexibility index (Phi) is 7.68. The molecule has 0 radical (unpaired) electrons. The van der Waals surface area contributed by atoms with E-state index in [1.807, 2.05) is 38.1 Å². The summed E-state index contributed by atoms with van der Waals surface area (Å²) in [6.07, 6.45) is 0. The number of aryl methyl sites for hydroxylation is 1. The highest BCUT2D eigenvalue weighted by atomic mass is 79.9. The summed E-state index contributed by atoms with van der Waals surface area (Å²) < 4.78 is 8.66. The Morgan fingerprint density at radius 1 is 1.14 bits per heavy atom.